The Morgan fingerprint density at radius 2 is 1.48 bits per heavy atom. The predicted octanol–water partition coefficient (Wildman–Crippen LogP) is 1.79. The van der Waals surface area contributed by atoms with Gasteiger partial charge in [-0.05, 0) is 16.7 Å². The molecule has 0 saturated carbocycles. The van der Waals surface area contributed by atoms with Crippen LogP contribution in [0.25, 0.3) is 11.1 Å². The van der Waals surface area contributed by atoms with Crippen molar-refractivity contribution in [3.63, 3.8) is 0 Å². The summed E-state index contributed by atoms with van der Waals surface area (Å²) in [4.78, 5) is 0. The molecule has 4 nitrogen and oxygen atoms in total. The molecule has 5 heteroatoms. The van der Waals surface area contributed by atoms with E-state index in [1.165, 1.54) is 0 Å². The molecule has 2 N–H and O–H groups in total. The van der Waals surface area contributed by atoms with Gasteiger partial charge in [-0.1, -0.05) is 54.6 Å². The highest BCUT2D eigenvalue weighted by Gasteiger charge is 2.29. The lowest BCUT2D eigenvalue weighted by atomic mass is 10.0. The van der Waals surface area contributed by atoms with E-state index in [-0.39, 0.29) is 0 Å². The minimum absolute atomic E-state index is 0.471. The van der Waals surface area contributed by atoms with Crippen molar-refractivity contribution in [2.24, 2.45) is 0 Å². The summed E-state index contributed by atoms with van der Waals surface area (Å²) >= 11 is 0. The normalized spacial score (nSPS) is 14.6. The first-order valence-corrected chi connectivity index (χ1v) is 8.52. The molecular formula is C16H18O4S. The van der Waals surface area contributed by atoms with E-state index in [1.807, 2.05) is 42.5 Å². The fraction of sp³-hybridized carbons (Fsp3) is 0.250. The van der Waals surface area contributed by atoms with E-state index in [9.17, 15) is 18.6 Å². The van der Waals surface area contributed by atoms with Gasteiger partial charge < -0.3 is 10.2 Å². The van der Waals surface area contributed by atoms with E-state index in [0.29, 0.717) is 5.56 Å². The molecule has 0 saturated heterocycles. The molecule has 2 rings (SSSR count). The summed E-state index contributed by atoms with van der Waals surface area (Å²) in [6, 6.07) is 16.8. The van der Waals surface area contributed by atoms with E-state index < -0.39 is 27.8 Å². The number of hydrogen-bond donors (Lipinski definition) is 2. The van der Waals surface area contributed by atoms with E-state index in [4.69, 9.17) is 0 Å². The zero-order valence-electron chi connectivity index (χ0n) is 11.7. The molecule has 0 unspecified atom stereocenters. The van der Waals surface area contributed by atoms with Crippen LogP contribution in [0.4, 0.5) is 0 Å². The first-order chi connectivity index (χ1) is 9.93. The van der Waals surface area contributed by atoms with E-state index in [1.54, 1.807) is 12.1 Å². The van der Waals surface area contributed by atoms with Crippen molar-refractivity contribution in [2.75, 3.05) is 12.9 Å². The molecule has 0 radical (unpaired) electrons. The van der Waals surface area contributed by atoms with Gasteiger partial charge in [0.25, 0.3) is 0 Å². The molecular weight excluding hydrogens is 288 g/mol. The van der Waals surface area contributed by atoms with Crippen LogP contribution in [0.15, 0.2) is 54.6 Å². The lowest BCUT2D eigenvalue weighted by Gasteiger charge is -2.19. The van der Waals surface area contributed by atoms with Gasteiger partial charge in [0.1, 0.15) is 5.25 Å². The third-order valence-corrected chi connectivity index (χ3v) is 4.95. The summed E-state index contributed by atoms with van der Waals surface area (Å²) in [5, 5.41) is 18.1. The van der Waals surface area contributed by atoms with E-state index in [0.717, 1.165) is 17.4 Å². The Bertz CT molecular complexity index is 678. The lowest BCUT2D eigenvalue weighted by molar-refractivity contribution is 0.138. The third-order valence-electron chi connectivity index (χ3n) is 3.44. The number of sulfone groups is 1. The summed E-state index contributed by atoms with van der Waals surface area (Å²) in [5.41, 5.74) is 2.49. The fourth-order valence-electron chi connectivity index (χ4n) is 2.19. The van der Waals surface area contributed by atoms with Gasteiger partial charge in [0, 0.05) is 6.26 Å². The van der Waals surface area contributed by atoms with Crippen LogP contribution in [-0.2, 0) is 9.84 Å². The number of benzene rings is 2. The lowest BCUT2D eigenvalue weighted by Crippen LogP contribution is -2.31. The molecule has 0 fully saturated rings. The second kappa shape index (κ2) is 6.39. The summed E-state index contributed by atoms with van der Waals surface area (Å²) in [7, 11) is -3.52. The van der Waals surface area contributed by atoms with Gasteiger partial charge in [-0.25, -0.2) is 8.42 Å². The topological polar surface area (TPSA) is 74.6 Å². The standard InChI is InChI=1S/C16H18O4S/c1-21(19,20)15(11-17)16(18)14-9-7-13(8-10-14)12-5-3-2-4-6-12/h2-10,15-18H,11H2,1H3/t15-,16+/m0/s1. The Morgan fingerprint density at radius 3 is 1.95 bits per heavy atom. The second-order valence-electron chi connectivity index (χ2n) is 4.98. The monoisotopic (exact) mass is 306 g/mol. The Morgan fingerprint density at radius 1 is 0.952 bits per heavy atom. The number of rotatable bonds is 5. The first kappa shape index (κ1) is 15.7. The average molecular weight is 306 g/mol. The molecule has 0 spiro atoms. The van der Waals surface area contributed by atoms with Gasteiger partial charge in [0.2, 0.25) is 0 Å². The molecule has 0 aliphatic rings. The molecule has 0 heterocycles. The Balaban J connectivity index is 2.27. The van der Waals surface area contributed by atoms with Crippen LogP contribution >= 0.6 is 0 Å². The van der Waals surface area contributed by atoms with Crippen LogP contribution in [-0.4, -0.2) is 36.7 Å². The highest BCUT2D eigenvalue weighted by atomic mass is 32.2. The molecule has 0 aromatic heterocycles. The minimum atomic E-state index is -3.52. The van der Waals surface area contributed by atoms with Crippen LogP contribution in [0.2, 0.25) is 0 Å². The number of hydrogen-bond acceptors (Lipinski definition) is 4. The quantitative estimate of drug-likeness (QED) is 0.883. The number of aliphatic hydroxyl groups excluding tert-OH is 2. The average Bonchev–Trinajstić information content (AvgIpc) is 2.47. The molecule has 2 atom stereocenters. The summed E-state index contributed by atoms with van der Waals surface area (Å²) in [5.74, 6) is 0. The van der Waals surface area contributed by atoms with Gasteiger partial charge in [-0.3, -0.25) is 0 Å². The zero-order valence-corrected chi connectivity index (χ0v) is 12.5. The fourth-order valence-corrected chi connectivity index (χ4v) is 3.08. The van der Waals surface area contributed by atoms with Crippen molar-refractivity contribution in [1.82, 2.24) is 0 Å². The van der Waals surface area contributed by atoms with Crippen LogP contribution < -0.4 is 0 Å². The molecule has 0 amide bonds. The maximum absolute atomic E-state index is 11.5. The molecule has 2 aromatic rings. The largest absolute Gasteiger partial charge is 0.395 e. The van der Waals surface area contributed by atoms with Gasteiger partial charge in [-0.15, -0.1) is 0 Å². The van der Waals surface area contributed by atoms with Gasteiger partial charge in [0.15, 0.2) is 9.84 Å². The maximum atomic E-state index is 11.5. The SMILES string of the molecule is CS(=O)(=O)[C@@H](CO)[C@H](O)c1ccc(-c2ccccc2)cc1. The van der Waals surface area contributed by atoms with Crippen LogP contribution in [0.1, 0.15) is 11.7 Å². The summed E-state index contributed by atoms with van der Waals surface area (Å²) in [6.45, 7) is -0.611. The Kier molecular flexibility index (Phi) is 4.77. The zero-order chi connectivity index (χ0) is 15.5. The van der Waals surface area contributed by atoms with Crippen molar-refractivity contribution < 1.29 is 18.6 Å². The highest BCUT2D eigenvalue weighted by molar-refractivity contribution is 7.91. The van der Waals surface area contributed by atoms with E-state index in [2.05, 4.69) is 0 Å². The molecule has 2 aromatic carbocycles. The van der Waals surface area contributed by atoms with Crippen molar-refractivity contribution in [2.45, 2.75) is 11.4 Å². The van der Waals surface area contributed by atoms with Crippen molar-refractivity contribution >= 4 is 9.84 Å². The Hall–Kier alpha value is -1.69. The Labute approximate surface area is 124 Å². The third kappa shape index (κ3) is 3.69. The van der Waals surface area contributed by atoms with E-state index >= 15 is 0 Å². The molecule has 0 bridgehead atoms. The summed E-state index contributed by atoms with van der Waals surface area (Å²) in [6.07, 6.45) is -0.232. The highest BCUT2D eigenvalue weighted by Crippen LogP contribution is 2.25. The molecule has 21 heavy (non-hydrogen) atoms. The smallest absolute Gasteiger partial charge is 0.155 e. The van der Waals surface area contributed by atoms with Crippen molar-refractivity contribution in [3.8, 4) is 11.1 Å². The van der Waals surface area contributed by atoms with Crippen LogP contribution in [0.5, 0.6) is 0 Å². The van der Waals surface area contributed by atoms with Crippen LogP contribution in [0.3, 0.4) is 0 Å². The van der Waals surface area contributed by atoms with Gasteiger partial charge >= 0.3 is 0 Å². The molecule has 0 aliphatic carbocycles. The minimum Gasteiger partial charge on any atom is -0.395 e. The van der Waals surface area contributed by atoms with Crippen LogP contribution in [0, 0.1) is 0 Å². The number of aliphatic hydroxyl groups is 2. The van der Waals surface area contributed by atoms with Gasteiger partial charge in [-0.2, -0.15) is 0 Å². The maximum Gasteiger partial charge on any atom is 0.155 e. The van der Waals surface area contributed by atoms with Gasteiger partial charge in [0.05, 0.1) is 12.7 Å². The van der Waals surface area contributed by atoms with Crippen molar-refractivity contribution in [3.05, 3.63) is 60.2 Å². The molecule has 0 aliphatic heterocycles. The summed E-state index contributed by atoms with van der Waals surface area (Å²) < 4.78 is 23.1. The molecule has 112 valence electrons. The predicted molar refractivity (Wildman–Crippen MR) is 82.6 cm³/mol. The van der Waals surface area contributed by atoms with Crippen molar-refractivity contribution in [1.29, 1.82) is 0 Å². The first-order valence-electron chi connectivity index (χ1n) is 6.56. The second-order valence-corrected chi connectivity index (χ2v) is 7.25.